The highest BCUT2D eigenvalue weighted by Crippen LogP contribution is 2.26. The van der Waals surface area contributed by atoms with Crippen molar-refractivity contribution in [3.8, 4) is 5.75 Å². The minimum Gasteiger partial charge on any atom is -0.495 e. The minimum atomic E-state index is -0.733. The first-order valence-corrected chi connectivity index (χ1v) is 6.77. The number of hydrogen-bond acceptors (Lipinski definition) is 4. The highest BCUT2D eigenvalue weighted by Gasteiger charge is 2.17. The van der Waals surface area contributed by atoms with Gasteiger partial charge in [0, 0.05) is 20.1 Å². The molecule has 0 bridgehead atoms. The van der Waals surface area contributed by atoms with E-state index in [0.29, 0.717) is 6.54 Å². The van der Waals surface area contributed by atoms with Gasteiger partial charge in [0.05, 0.1) is 18.4 Å². The van der Waals surface area contributed by atoms with Crippen LogP contribution in [0.3, 0.4) is 0 Å². The molecule has 19 heavy (non-hydrogen) atoms. The molecule has 0 amide bonds. The SMILES string of the molecule is COc1ccccc1N(C)CCCCC(C)(O)CN. The van der Waals surface area contributed by atoms with E-state index in [1.807, 2.05) is 18.2 Å². The Kier molecular flexibility index (Phi) is 6.12. The van der Waals surface area contributed by atoms with Gasteiger partial charge in [-0.25, -0.2) is 0 Å². The van der Waals surface area contributed by atoms with Gasteiger partial charge in [-0.15, -0.1) is 0 Å². The van der Waals surface area contributed by atoms with E-state index < -0.39 is 5.60 Å². The Morgan fingerprint density at radius 1 is 1.32 bits per heavy atom. The Morgan fingerprint density at radius 3 is 2.63 bits per heavy atom. The second-order valence-electron chi connectivity index (χ2n) is 5.25. The molecule has 0 saturated carbocycles. The Morgan fingerprint density at radius 2 is 2.00 bits per heavy atom. The van der Waals surface area contributed by atoms with Crippen molar-refractivity contribution in [1.82, 2.24) is 0 Å². The van der Waals surface area contributed by atoms with Crippen molar-refractivity contribution in [3.05, 3.63) is 24.3 Å². The number of unbranched alkanes of at least 4 members (excludes halogenated alkanes) is 1. The van der Waals surface area contributed by atoms with Crippen LogP contribution >= 0.6 is 0 Å². The summed E-state index contributed by atoms with van der Waals surface area (Å²) in [6.07, 6.45) is 2.72. The first-order valence-electron chi connectivity index (χ1n) is 6.77. The Balaban J connectivity index is 2.41. The largest absolute Gasteiger partial charge is 0.495 e. The number of benzene rings is 1. The van der Waals surface area contributed by atoms with Gasteiger partial charge in [-0.05, 0) is 38.3 Å². The average molecular weight is 266 g/mol. The third-order valence-electron chi connectivity index (χ3n) is 3.40. The zero-order valence-corrected chi connectivity index (χ0v) is 12.2. The zero-order valence-electron chi connectivity index (χ0n) is 12.2. The molecule has 0 radical (unpaired) electrons. The number of methoxy groups -OCH3 is 1. The fourth-order valence-corrected chi connectivity index (χ4v) is 2.02. The topological polar surface area (TPSA) is 58.7 Å². The fourth-order valence-electron chi connectivity index (χ4n) is 2.02. The smallest absolute Gasteiger partial charge is 0.142 e. The van der Waals surface area contributed by atoms with Gasteiger partial charge in [0.15, 0.2) is 0 Å². The summed E-state index contributed by atoms with van der Waals surface area (Å²) < 4.78 is 5.35. The molecule has 1 aromatic carbocycles. The maximum Gasteiger partial charge on any atom is 0.142 e. The van der Waals surface area contributed by atoms with Gasteiger partial charge in [0.1, 0.15) is 5.75 Å². The predicted molar refractivity (Wildman–Crippen MR) is 79.8 cm³/mol. The number of hydrogen-bond donors (Lipinski definition) is 2. The lowest BCUT2D eigenvalue weighted by Gasteiger charge is -2.23. The maximum atomic E-state index is 9.83. The molecule has 108 valence electrons. The van der Waals surface area contributed by atoms with E-state index in [9.17, 15) is 5.11 Å². The summed E-state index contributed by atoms with van der Waals surface area (Å²) in [6.45, 7) is 3.04. The number of nitrogens with zero attached hydrogens (tertiary/aromatic N) is 1. The van der Waals surface area contributed by atoms with Crippen LogP contribution in [-0.2, 0) is 0 Å². The highest BCUT2D eigenvalue weighted by atomic mass is 16.5. The number of para-hydroxylation sites is 2. The van der Waals surface area contributed by atoms with E-state index in [1.165, 1.54) is 0 Å². The number of aliphatic hydroxyl groups is 1. The molecule has 0 spiro atoms. The first kappa shape index (κ1) is 15.8. The monoisotopic (exact) mass is 266 g/mol. The van der Waals surface area contributed by atoms with E-state index in [0.717, 1.165) is 37.2 Å². The Hall–Kier alpha value is -1.26. The zero-order chi connectivity index (χ0) is 14.3. The van der Waals surface area contributed by atoms with Crippen molar-refractivity contribution in [2.75, 3.05) is 32.1 Å². The molecule has 4 heteroatoms. The number of rotatable bonds is 8. The third kappa shape index (κ3) is 5.09. The van der Waals surface area contributed by atoms with Crippen LogP contribution in [0.2, 0.25) is 0 Å². The number of ether oxygens (including phenoxy) is 1. The van der Waals surface area contributed by atoms with E-state index in [-0.39, 0.29) is 0 Å². The van der Waals surface area contributed by atoms with Crippen molar-refractivity contribution in [2.45, 2.75) is 31.8 Å². The van der Waals surface area contributed by atoms with Crippen LogP contribution in [0.15, 0.2) is 24.3 Å². The maximum absolute atomic E-state index is 9.83. The number of nitrogens with two attached hydrogens (primary N) is 1. The summed E-state index contributed by atoms with van der Waals surface area (Å²) >= 11 is 0. The lowest BCUT2D eigenvalue weighted by atomic mass is 9.99. The molecule has 0 aliphatic rings. The van der Waals surface area contributed by atoms with Crippen molar-refractivity contribution >= 4 is 5.69 Å². The lowest BCUT2D eigenvalue weighted by Crippen LogP contribution is -2.34. The molecule has 1 unspecified atom stereocenters. The summed E-state index contributed by atoms with van der Waals surface area (Å²) in [5, 5.41) is 9.83. The molecular weight excluding hydrogens is 240 g/mol. The normalized spacial score (nSPS) is 13.9. The third-order valence-corrected chi connectivity index (χ3v) is 3.40. The van der Waals surface area contributed by atoms with Crippen molar-refractivity contribution in [2.24, 2.45) is 5.73 Å². The molecule has 1 atom stereocenters. The molecule has 1 rings (SSSR count). The molecular formula is C15H26N2O2. The van der Waals surface area contributed by atoms with E-state index >= 15 is 0 Å². The predicted octanol–water partition coefficient (Wildman–Crippen LogP) is 2.01. The molecule has 4 nitrogen and oxygen atoms in total. The Labute approximate surface area is 116 Å². The standard InChI is InChI=1S/C15H26N2O2/c1-15(18,12-16)10-6-7-11-17(2)13-8-4-5-9-14(13)19-3/h4-5,8-9,18H,6-7,10-12,16H2,1-3H3. The molecule has 3 N–H and O–H groups in total. The highest BCUT2D eigenvalue weighted by molar-refractivity contribution is 5.57. The average Bonchev–Trinajstić information content (AvgIpc) is 2.43. The van der Waals surface area contributed by atoms with Crippen LogP contribution in [0.1, 0.15) is 26.2 Å². The van der Waals surface area contributed by atoms with Crippen molar-refractivity contribution < 1.29 is 9.84 Å². The Bertz CT molecular complexity index is 380. The van der Waals surface area contributed by atoms with Crippen LogP contribution in [0.4, 0.5) is 5.69 Å². The molecule has 0 aliphatic carbocycles. The van der Waals surface area contributed by atoms with Crippen molar-refractivity contribution in [1.29, 1.82) is 0 Å². The fraction of sp³-hybridized carbons (Fsp3) is 0.600. The molecule has 0 fully saturated rings. The summed E-state index contributed by atoms with van der Waals surface area (Å²) in [7, 11) is 3.74. The first-order chi connectivity index (χ1) is 9.00. The van der Waals surface area contributed by atoms with Crippen LogP contribution in [0.5, 0.6) is 5.75 Å². The van der Waals surface area contributed by atoms with Crippen LogP contribution in [0, 0.1) is 0 Å². The van der Waals surface area contributed by atoms with Gasteiger partial charge in [0.25, 0.3) is 0 Å². The number of anilines is 1. The molecule has 1 aromatic rings. The summed E-state index contributed by atoms with van der Waals surface area (Å²) in [4.78, 5) is 2.18. The summed E-state index contributed by atoms with van der Waals surface area (Å²) in [6, 6.07) is 7.99. The quantitative estimate of drug-likeness (QED) is 0.707. The summed E-state index contributed by atoms with van der Waals surface area (Å²) in [5.74, 6) is 0.888. The van der Waals surface area contributed by atoms with Crippen molar-refractivity contribution in [3.63, 3.8) is 0 Å². The van der Waals surface area contributed by atoms with Gasteiger partial charge >= 0.3 is 0 Å². The minimum absolute atomic E-state index is 0.315. The van der Waals surface area contributed by atoms with Gasteiger partial charge in [-0.1, -0.05) is 12.1 Å². The van der Waals surface area contributed by atoms with Gasteiger partial charge in [-0.3, -0.25) is 0 Å². The summed E-state index contributed by atoms with van der Waals surface area (Å²) in [5.41, 5.74) is 5.86. The van der Waals surface area contributed by atoms with Crippen LogP contribution < -0.4 is 15.4 Å². The van der Waals surface area contributed by atoms with E-state index in [2.05, 4.69) is 18.0 Å². The second-order valence-corrected chi connectivity index (χ2v) is 5.25. The van der Waals surface area contributed by atoms with Crippen LogP contribution in [-0.4, -0.2) is 38.0 Å². The molecule has 0 heterocycles. The molecule has 0 saturated heterocycles. The molecule has 0 aromatic heterocycles. The lowest BCUT2D eigenvalue weighted by molar-refractivity contribution is 0.0575. The molecule has 0 aliphatic heterocycles. The second kappa shape index (κ2) is 7.36. The van der Waals surface area contributed by atoms with E-state index in [4.69, 9.17) is 10.5 Å². The van der Waals surface area contributed by atoms with Gasteiger partial charge < -0.3 is 20.5 Å². The van der Waals surface area contributed by atoms with E-state index in [1.54, 1.807) is 14.0 Å². The van der Waals surface area contributed by atoms with Crippen LogP contribution in [0.25, 0.3) is 0 Å². The van der Waals surface area contributed by atoms with Gasteiger partial charge in [-0.2, -0.15) is 0 Å². The van der Waals surface area contributed by atoms with Gasteiger partial charge in [0.2, 0.25) is 0 Å².